The molecule has 0 heterocycles. The van der Waals surface area contributed by atoms with Crippen LogP contribution in [0, 0.1) is 5.92 Å². The van der Waals surface area contributed by atoms with E-state index in [4.69, 9.17) is 17.0 Å². The maximum Gasteiger partial charge on any atom is 0.257 e. The smallest absolute Gasteiger partial charge is 0.257 e. The van der Waals surface area contributed by atoms with E-state index in [-0.39, 0.29) is 16.9 Å². The van der Waals surface area contributed by atoms with E-state index in [9.17, 15) is 9.59 Å². The molecule has 0 aliphatic carbocycles. The number of carbonyl (C=O) groups excluding carboxylic acids is 2. The Balaban J connectivity index is 1.96. The van der Waals surface area contributed by atoms with Crippen LogP contribution >= 0.6 is 28.1 Å². The Morgan fingerprint density at radius 3 is 2.38 bits per heavy atom. The average Bonchev–Trinajstić information content (AvgIpc) is 2.66. The van der Waals surface area contributed by atoms with Crippen LogP contribution in [0.3, 0.4) is 0 Å². The van der Waals surface area contributed by atoms with Crippen molar-refractivity contribution in [1.82, 2.24) is 5.32 Å². The molecule has 0 unspecified atom stereocenters. The molecule has 2 aromatic carbocycles. The van der Waals surface area contributed by atoms with Crippen LogP contribution in [-0.2, 0) is 4.79 Å². The van der Waals surface area contributed by atoms with E-state index in [1.807, 2.05) is 0 Å². The maximum atomic E-state index is 12.4. The second kappa shape index (κ2) is 10.4. The van der Waals surface area contributed by atoms with Gasteiger partial charge < -0.3 is 15.0 Å². The summed E-state index contributed by atoms with van der Waals surface area (Å²) in [5.41, 5.74) is 1.92. The number of carbonyl (C=O) groups is 2. The number of anilines is 2. The fraction of sp³-hybridized carbons (Fsp3) is 0.286. The molecule has 6 nitrogen and oxygen atoms in total. The summed E-state index contributed by atoms with van der Waals surface area (Å²) in [6.07, 6.45) is 0. The fourth-order valence-corrected chi connectivity index (χ4v) is 3.01. The molecular weight excluding hydrogens is 454 g/mol. The van der Waals surface area contributed by atoms with Gasteiger partial charge in [0.25, 0.3) is 5.91 Å². The van der Waals surface area contributed by atoms with Crippen LogP contribution < -0.4 is 20.3 Å². The third-order valence-corrected chi connectivity index (χ3v) is 4.80. The number of nitrogens with zero attached hydrogens (tertiary/aromatic N) is 1. The van der Waals surface area contributed by atoms with Crippen LogP contribution in [0.25, 0.3) is 0 Å². The molecule has 0 aliphatic heterocycles. The lowest BCUT2D eigenvalue weighted by Crippen LogP contribution is -2.34. The van der Waals surface area contributed by atoms with Gasteiger partial charge in [-0.3, -0.25) is 14.9 Å². The summed E-state index contributed by atoms with van der Waals surface area (Å²) < 4.78 is 6.40. The van der Waals surface area contributed by atoms with Gasteiger partial charge in [0.1, 0.15) is 5.75 Å². The molecule has 2 amide bonds. The van der Waals surface area contributed by atoms with Crippen molar-refractivity contribution in [2.45, 2.75) is 20.8 Å². The van der Waals surface area contributed by atoms with Crippen molar-refractivity contribution >= 4 is 56.4 Å². The molecule has 29 heavy (non-hydrogen) atoms. The molecule has 0 aromatic heterocycles. The van der Waals surface area contributed by atoms with Gasteiger partial charge in [-0.15, -0.1) is 0 Å². The summed E-state index contributed by atoms with van der Waals surface area (Å²) in [5.74, 6) is 0.712. The summed E-state index contributed by atoms with van der Waals surface area (Å²) in [6.45, 7) is 6.23. The Labute approximate surface area is 184 Å². The molecule has 0 bridgehead atoms. The number of thiocarbonyl (C=S) groups is 1. The Hall–Kier alpha value is -2.45. The molecule has 0 aliphatic rings. The summed E-state index contributed by atoms with van der Waals surface area (Å²) in [5, 5.41) is 5.79. The number of rotatable bonds is 6. The van der Waals surface area contributed by atoms with Crippen molar-refractivity contribution < 1.29 is 14.3 Å². The first-order valence-corrected chi connectivity index (χ1v) is 10.3. The highest BCUT2D eigenvalue weighted by molar-refractivity contribution is 9.10. The fourth-order valence-electron chi connectivity index (χ4n) is 2.30. The van der Waals surface area contributed by atoms with Gasteiger partial charge in [-0.25, -0.2) is 0 Å². The predicted molar refractivity (Wildman–Crippen MR) is 124 cm³/mol. The van der Waals surface area contributed by atoms with Gasteiger partial charge in [0, 0.05) is 30.9 Å². The Morgan fingerprint density at radius 1 is 1.17 bits per heavy atom. The van der Waals surface area contributed by atoms with E-state index in [0.717, 1.165) is 5.69 Å². The SMILES string of the molecule is CC(=O)N(C)c1ccc(NC(=S)NC(=O)c2ccc(OCC(C)C)c(Br)c2)cc1. The largest absolute Gasteiger partial charge is 0.492 e. The monoisotopic (exact) mass is 477 g/mol. The van der Waals surface area contributed by atoms with E-state index in [0.29, 0.717) is 34.0 Å². The number of hydrogen-bond donors (Lipinski definition) is 2. The van der Waals surface area contributed by atoms with Gasteiger partial charge in [0.2, 0.25) is 5.91 Å². The first kappa shape index (κ1) is 22.8. The number of ether oxygens (including phenoxy) is 1. The van der Waals surface area contributed by atoms with Gasteiger partial charge in [0.05, 0.1) is 11.1 Å². The van der Waals surface area contributed by atoms with Gasteiger partial charge >= 0.3 is 0 Å². The number of nitrogens with one attached hydrogen (secondary N) is 2. The normalized spacial score (nSPS) is 10.4. The van der Waals surface area contributed by atoms with E-state index in [1.54, 1.807) is 49.5 Å². The molecule has 0 saturated heterocycles. The first-order chi connectivity index (χ1) is 13.7. The number of benzene rings is 2. The lowest BCUT2D eigenvalue weighted by molar-refractivity contribution is -0.116. The minimum Gasteiger partial charge on any atom is -0.492 e. The summed E-state index contributed by atoms with van der Waals surface area (Å²) >= 11 is 8.66. The minimum atomic E-state index is -0.327. The highest BCUT2D eigenvalue weighted by Gasteiger charge is 2.12. The van der Waals surface area contributed by atoms with E-state index >= 15 is 0 Å². The second-order valence-electron chi connectivity index (χ2n) is 6.88. The van der Waals surface area contributed by atoms with Gasteiger partial charge in [-0.1, -0.05) is 13.8 Å². The zero-order chi connectivity index (χ0) is 21.6. The van der Waals surface area contributed by atoms with Crippen molar-refractivity contribution in [1.29, 1.82) is 0 Å². The number of amides is 2. The van der Waals surface area contributed by atoms with Crippen molar-refractivity contribution in [2.75, 3.05) is 23.9 Å². The molecule has 0 fully saturated rings. The van der Waals surface area contributed by atoms with E-state index in [2.05, 4.69) is 40.4 Å². The predicted octanol–water partition coefficient (Wildman–Crippen LogP) is 4.59. The molecule has 154 valence electrons. The highest BCUT2D eigenvalue weighted by Crippen LogP contribution is 2.26. The summed E-state index contributed by atoms with van der Waals surface area (Å²) in [6, 6.07) is 12.3. The summed E-state index contributed by atoms with van der Waals surface area (Å²) in [4.78, 5) is 25.4. The average molecular weight is 478 g/mol. The Morgan fingerprint density at radius 2 is 1.83 bits per heavy atom. The van der Waals surface area contributed by atoms with Crippen molar-refractivity contribution in [3.8, 4) is 5.75 Å². The van der Waals surface area contributed by atoms with Gasteiger partial charge in [-0.2, -0.15) is 0 Å². The molecule has 0 atom stereocenters. The standard InChI is InChI=1S/C21H24BrN3O3S/c1-13(2)12-28-19-10-5-15(11-18(19)22)20(27)24-21(29)23-16-6-8-17(9-7-16)25(4)14(3)26/h5-11,13H,12H2,1-4H3,(H2,23,24,27,29). The van der Waals surface area contributed by atoms with E-state index in [1.165, 1.54) is 11.8 Å². The Kier molecular flexibility index (Phi) is 8.16. The van der Waals surface area contributed by atoms with Crippen LogP contribution in [0.1, 0.15) is 31.1 Å². The van der Waals surface area contributed by atoms with Crippen LogP contribution in [0.4, 0.5) is 11.4 Å². The molecule has 2 aromatic rings. The second-order valence-corrected chi connectivity index (χ2v) is 8.15. The lowest BCUT2D eigenvalue weighted by Gasteiger charge is -2.16. The molecule has 2 N–H and O–H groups in total. The van der Waals surface area contributed by atoms with Crippen molar-refractivity contribution in [3.63, 3.8) is 0 Å². The number of hydrogen-bond acceptors (Lipinski definition) is 4. The molecule has 0 radical (unpaired) electrons. The van der Waals surface area contributed by atoms with Crippen molar-refractivity contribution in [2.24, 2.45) is 5.92 Å². The van der Waals surface area contributed by atoms with Gasteiger partial charge in [-0.05, 0) is 76.5 Å². The van der Waals surface area contributed by atoms with Crippen molar-refractivity contribution in [3.05, 3.63) is 52.5 Å². The van der Waals surface area contributed by atoms with E-state index < -0.39 is 0 Å². The minimum absolute atomic E-state index is 0.0553. The molecular formula is C21H24BrN3O3S. The molecule has 8 heteroatoms. The van der Waals surface area contributed by atoms with Crippen LogP contribution in [-0.4, -0.2) is 30.6 Å². The quantitative estimate of drug-likeness (QED) is 0.595. The zero-order valence-corrected chi connectivity index (χ0v) is 19.2. The topological polar surface area (TPSA) is 70.7 Å². The van der Waals surface area contributed by atoms with Crippen LogP contribution in [0.5, 0.6) is 5.75 Å². The maximum absolute atomic E-state index is 12.4. The first-order valence-electron chi connectivity index (χ1n) is 9.06. The third-order valence-electron chi connectivity index (χ3n) is 3.98. The van der Waals surface area contributed by atoms with Crippen LogP contribution in [0.15, 0.2) is 46.9 Å². The number of halogens is 1. The highest BCUT2D eigenvalue weighted by atomic mass is 79.9. The summed E-state index contributed by atoms with van der Waals surface area (Å²) in [7, 11) is 1.70. The Bertz CT molecular complexity index is 901. The molecule has 2 rings (SSSR count). The molecule has 0 saturated carbocycles. The zero-order valence-electron chi connectivity index (χ0n) is 16.8. The van der Waals surface area contributed by atoms with Crippen LogP contribution in [0.2, 0.25) is 0 Å². The lowest BCUT2D eigenvalue weighted by atomic mass is 10.2. The van der Waals surface area contributed by atoms with Gasteiger partial charge in [0.15, 0.2) is 5.11 Å². The third kappa shape index (κ3) is 6.83. The molecule has 0 spiro atoms.